The number of carbonyl (C=O) groups excluding carboxylic acids is 1. The van der Waals surface area contributed by atoms with Crippen LogP contribution in [-0.4, -0.2) is 37.6 Å². The Morgan fingerprint density at radius 1 is 1.00 bits per heavy atom. The summed E-state index contributed by atoms with van der Waals surface area (Å²) < 4.78 is 0. The maximum atomic E-state index is 13.0. The van der Waals surface area contributed by atoms with Gasteiger partial charge >= 0.3 is 5.97 Å². The van der Waals surface area contributed by atoms with Crippen molar-refractivity contribution >= 4 is 35.0 Å². The molecule has 2 aromatic rings. The zero-order valence-electron chi connectivity index (χ0n) is 18.6. The molecule has 0 radical (unpaired) electrons. The summed E-state index contributed by atoms with van der Waals surface area (Å²) in [5.41, 5.74) is 2.97. The summed E-state index contributed by atoms with van der Waals surface area (Å²) >= 11 is 0. The number of fused-ring (bicyclic) bond motifs is 1. The number of nitro groups is 2. The quantitative estimate of drug-likeness (QED) is 0.454. The lowest BCUT2D eigenvalue weighted by molar-refractivity contribution is -0.385. The largest absolute Gasteiger partial charge is 0.481 e. The topological polar surface area (TPSA) is 156 Å². The first-order valence-corrected chi connectivity index (χ1v) is 11.1. The van der Waals surface area contributed by atoms with Crippen LogP contribution in [0.4, 0.5) is 11.4 Å². The highest BCUT2D eigenvalue weighted by Crippen LogP contribution is 2.45. The number of benzene rings is 2. The minimum atomic E-state index is -1.09. The van der Waals surface area contributed by atoms with Gasteiger partial charge in [-0.05, 0) is 54.2 Å². The molecule has 1 heterocycles. The van der Waals surface area contributed by atoms with Crippen LogP contribution in [0, 0.1) is 26.1 Å². The number of hydrogen-bond acceptors (Lipinski definition) is 7. The fraction of sp³-hybridized carbons (Fsp3) is 0.292. The van der Waals surface area contributed by atoms with Crippen molar-refractivity contribution in [1.82, 2.24) is 5.01 Å². The van der Waals surface area contributed by atoms with E-state index in [0.717, 1.165) is 24.0 Å². The summed E-state index contributed by atoms with van der Waals surface area (Å²) in [6.07, 6.45) is 3.61. The number of hydrogen-bond donors (Lipinski definition) is 1. The van der Waals surface area contributed by atoms with E-state index in [1.54, 1.807) is 24.3 Å². The van der Waals surface area contributed by atoms with Gasteiger partial charge in [0.15, 0.2) is 0 Å². The Hall–Kier alpha value is -4.41. The SMILES string of the molecule is O=C(O)CCC(=O)N1N=C2/C(=C/c3ccc([N+](=O)[O-])cc3)CCC[C@@H]2[C@H]1c1ccc([N+](=O)[O-])cc1. The summed E-state index contributed by atoms with van der Waals surface area (Å²) in [6.45, 7) is 0. The zero-order valence-corrected chi connectivity index (χ0v) is 18.6. The summed E-state index contributed by atoms with van der Waals surface area (Å²) in [5.74, 6) is -1.69. The van der Waals surface area contributed by atoms with Crippen molar-refractivity contribution in [3.05, 3.63) is 85.5 Å². The van der Waals surface area contributed by atoms with E-state index in [0.29, 0.717) is 17.7 Å². The van der Waals surface area contributed by atoms with Crippen LogP contribution in [0.1, 0.15) is 49.3 Å². The van der Waals surface area contributed by atoms with E-state index >= 15 is 0 Å². The number of carboxylic acid groups (broad SMARTS) is 1. The van der Waals surface area contributed by atoms with Crippen molar-refractivity contribution in [2.45, 2.75) is 38.1 Å². The van der Waals surface area contributed by atoms with Crippen LogP contribution in [0.15, 0.2) is 59.2 Å². The molecule has 1 aliphatic carbocycles. The van der Waals surface area contributed by atoms with Gasteiger partial charge in [-0.1, -0.05) is 12.1 Å². The Kier molecular flexibility index (Phi) is 6.67. The van der Waals surface area contributed by atoms with Crippen molar-refractivity contribution in [3.63, 3.8) is 0 Å². The van der Waals surface area contributed by atoms with E-state index in [4.69, 9.17) is 5.11 Å². The maximum Gasteiger partial charge on any atom is 0.303 e. The second-order valence-electron chi connectivity index (χ2n) is 8.43. The molecule has 0 unspecified atom stereocenters. The van der Waals surface area contributed by atoms with Gasteiger partial charge in [-0.2, -0.15) is 5.10 Å². The second kappa shape index (κ2) is 9.84. The summed E-state index contributed by atoms with van der Waals surface area (Å²) in [6, 6.07) is 11.6. The van der Waals surface area contributed by atoms with E-state index in [2.05, 4.69) is 5.10 Å². The average Bonchev–Trinajstić information content (AvgIpc) is 3.23. The molecule has 0 spiro atoms. The Morgan fingerprint density at radius 3 is 2.17 bits per heavy atom. The maximum absolute atomic E-state index is 13.0. The van der Waals surface area contributed by atoms with Crippen LogP contribution in [0.3, 0.4) is 0 Å². The van der Waals surface area contributed by atoms with Gasteiger partial charge < -0.3 is 5.11 Å². The number of nitro benzene ring substituents is 2. The minimum absolute atomic E-state index is 0.0136. The fourth-order valence-corrected chi connectivity index (χ4v) is 4.56. The molecule has 11 nitrogen and oxygen atoms in total. The number of rotatable bonds is 7. The Bertz CT molecular complexity index is 1240. The highest BCUT2D eigenvalue weighted by atomic mass is 16.6. The highest BCUT2D eigenvalue weighted by Gasteiger charge is 2.43. The van der Waals surface area contributed by atoms with Crippen molar-refractivity contribution in [2.24, 2.45) is 11.0 Å². The molecular formula is C24H22N4O7. The molecule has 2 aliphatic rings. The molecular weight excluding hydrogens is 456 g/mol. The first kappa shape index (κ1) is 23.7. The predicted molar refractivity (Wildman–Crippen MR) is 125 cm³/mol. The molecule has 35 heavy (non-hydrogen) atoms. The molecule has 11 heteroatoms. The molecule has 2 atom stereocenters. The smallest absolute Gasteiger partial charge is 0.303 e. The molecule has 2 aromatic carbocycles. The minimum Gasteiger partial charge on any atom is -0.481 e. The van der Waals surface area contributed by atoms with Crippen LogP contribution in [-0.2, 0) is 9.59 Å². The molecule has 0 bridgehead atoms. The second-order valence-corrected chi connectivity index (χ2v) is 8.43. The summed E-state index contributed by atoms with van der Waals surface area (Å²) in [5, 5.41) is 37.0. The Morgan fingerprint density at radius 2 is 1.60 bits per heavy atom. The third-order valence-electron chi connectivity index (χ3n) is 6.20. The lowest BCUT2D eigenvalue weighted by Crippen LogP contribution is -2.32. The number of allylic oxidation sites excluding steroid dienone is 1. The number of nitrogens with zero attached hydrogens (tertiary/aromatic N) is 4. The molecule has 0 saturated heterocycles. The molecule has 1 N–H and O–H groups in total. The standard InChI is InChI=1S/C24H22N4O7/c29-21(12-13-22(30)31)26-24(16-6-10-19(11-7-16)28(34)35)20-3-1-2-17(23(20)25-26)14-15-4-8-18(9-5-15)27(32)33/h4-11,14,20,24H,1-3,12-13H2,(H,30,31)/b17-14+/t20-,24+/m0/s1. The van der Waals surface area contributed by atoms with Gasteiger partial charge in [-0.15, -0.1) is 0 Å². The first-order chi connectivity index (χ1) is 16.7. The Labute approximate surface area is 199 Å². The van der Waals surface area contributed by atoms with Crippen molar-refractivity contribution in [3.8, 4) is 0 Å². The Balaban J connectivity index is 1.69. The predicted octanol–water partition coefficient (Wildman–Crippen LogP) is 4.49. The lowest BCUT2D eigenvalue weighted by Gasteiger charge is -2.29. The zero-order chi connectivity index (χ0) is 25.1. The highest BCUT2D eigenvalue weighted by molar-refractivity contribution is 6.08. The van der Waals surface area contributed by atoms with E-state index in [9.17, 15) is 29.8 Å². The van der Waals surface area contributed by atoms with Crippen LogP contribution in [0.25, 0.3) is 6.08 Å². The number of carbonyl (C=O) groups is 2. The third-order valence-corrected chi connectivity index (χ3v) is 6.20. The van der Waals surface area contributed by atoms with Crippen LogP contribution < -0.4 is 0 Å². The molecule has 1 fully saturated rings. The third kappa shape index (κ3) is 5.08. The molecule has 1 saturated carbocycles. The van der Waals surface area contributed by atoms with E-state index in [1.807, 2.05) is 6.08 Å². The summed E-state index contributed by atoms with van der Waals surface area (Å²) in [4.78, 5) is 45.0. The summed E-state index contributed by atoms with van der Waals surface area (Å²) in [7, 11) is 0. The van der Waals surface area contributed by atoms with E-state index in [-0.39, 0.29) is 30.1 Å². The lowest BCUT2D eigenvalue weighted by atomic mass is 9.77. The number of non-ortho nitro benzene ring substituents is 2. The van der Waals surface area contributed by atoms with Crippen LogP contribution in [0.5, 0.6) is 0 Å². The van der Waals surface area contributed by atoms with Gasteiger partial charge in [0.05, 0.1) is 28.0 Å². The van der Waals surface area contributed by atoms with Gasteiger partial charge in [0.25, 0.3) is 11.4 Å². The number of carboxylic acids is 1. The number of amides is 1. The van der Waals surface area contributed by atoms with Crippen molar-refractivity contribution in [2.75, 3.05) is 0 Å². The van der Waals surface area contributed by atoms with Gasteiger partial charge in [-0.3, -0.25) is 29.8 Å². The average molecular weight is 478 g/mol. The normalized spacial score (nSPS) is 20.3. The fourth-order valence-electron chi connectivity index (χ4n) is 4.56. The van der Waals surface area contributed by atoms with Crippen molar-refractivity contribution in [1.29, 1.82) is 0 Å². The molecule has 4 rings (SSSR count). The molecule has 0 aromatic heterocycles. The van der Waals surface area contributed by atoms with Gasteiger partial charge in [0.1, 0.15) is 0 Å². The number of hydrazone groups is 1. The van der Waals surface area contributed by atoms with Crippen LogP contribution in [0.2, 0.25) is 0 Å². The van der Waals surface area contributed by atoms with Crippen LogP contribution >= 0.6 is 0 Å². The van der Waals surface area contributed by atoms with Gasteiger partial charge in [0, 0.05) is 36.6 Å². The molecule has 180 valence electrons. The van der Waals surface area contributed by atoms with Crippen molar-refractivity contribution < 1.29 is 24.5 Å². The first-order valence-electron chi connectivity index (χ1n) is 11.1. The van der Waals surface area contributed by atoms with Gasteiger partial charge in [-0.25, -0.2) is 5.01 Å². The van der Waals surface area contributed by atoms with E-state index < -0.39 is 27.8 Å². The number of aliphatic carboxylic acids is 1. The van der Waals surface area contributed by atoms with E-state index in [1.165, 1.54) is 29.3 Å². The monoisotopic (exact) mass is 478 g/mol. The van der Waals surface area contributed by atoms with Gasteiger partial charge in [0.2, 0.25) is 5.91 Å². The molecule has 1 aliphatic heterocycles. The molecule has 1 amide bonds.